The number of rotatable bonds is 11. The number of hydrogen-bond donors (Lipinski definition) is 2. The first kappa shape index (κ1) is 36.0. The lowest BCUT2D eigenvalue weighted by Crippen LogP contribution is -2.33. The fraction of sp³-hybridized carbons (Fsp3) is 0.263. The van der Waals surface area contributed by atoms with E-state index in [1.165, 1.54) is 24.0 Å². The van der Waals surface area contributed by atoms with Crippen molar-refractivity contribution in [2.75, 3.05) is 32.1 Å². The van der Waals surface area contributed by atoms with Crippen molar-refractivity contribution in [2.24, 2.45) is 5.73 Å². The lowest BCUT2D eigenvalue weighted by atomic mass is 10.0. The largest absolute Gasteiger partial charge is 0.473 e. The Kier molecular flexibility index (Phi) is 12.0. The lowest BCUT2D eigenvalue weighted by molar-refractivity contribution is -0.0591. The molecule has 13 heteroatoms. The maximum atomic E-state index is 14.1. The highest BCUT2D eigenvalue weighted by Gasteiger charge is 2.24. The van der Waals surface area contributed by atoms with Crippen LogP contribution in [0.4, 0.5) is 10.1 Å². The van der Waals surface area contributed by atoms with Gasteiger partial charge < -0.3 is 25.1 Å². The summed E-state index contributed by atoms with van der Waals surface area (Å²) in [5.74, 6) is 1.15. The normalized spacial score (nSPS) is 16.1. The highest BCUT2D eigenvalue weighted by atomic mass is 35.5. The Morgan fingerprint density at radius 2 is 2.02 bits per heavy atom. The number of carbonyl (C=O) groups excluding carboxylic acids is 1. The topological polar surface area (TPSA) is 120 Å². The summed E-state index contributed by atoms with van der Waals surface area (Å²) in [4.78, 5) is 26.4. The monoisotopic (exact) mass is 729 g/mol. The van der Waals surface area contributed by atoms with Gasteiger partial charge >= 0.3 is 0 Å². The summed E-state index contributed by atoms with van der Waals surface area (Å²) in [6, 6.07) is 19.8. The SMILES string of the molecule is CNc1ccc2c(c1)nc(CN1CC=C(c3cccc(OCc4ccc(Cl)cc4F)n3)CC1)n2CC1CCO1.N/C=C(/Cl)c1cc(C=O)ccn1. The predicted octanol–water partition coefficient (Wildman–Crippen LogP) is 7.31. The summed E-state index contributed by atoms with van der Waals surface area (Å²) in [5.41, 5.74) is 11.9. The summed E-state index contributed by atoms with van der Waals surface area (Å²) in [6.45, 7) is 4.24. The van der Waals surface area contributed by atoms with Crippen LogP contribution in [-0.4, -0.2) is 63.6 Å². The zero-order valence-corrected chi connectivity index (χ0v) is 29.6. The Balaban J connectivity index is 0.000000318. The van der Waals surface area contributed by atoms with Crippen molar-refractivity contribution < 1.29 is 18.7 Å². The third-order valence-corrected chi connectivity index (χ3v) is 9.26. The number of nitrogens with two attached hydrogens (primary N) is 1. The van der Waals surface area contributed by atoms with E-state index in [4.69, 9.17) is 43.4 Å². The van der Waals surface area contributed by atoms with Crippen LogP contribution in [0.3, 0.4) is 0 Å². The van der Waals surface area contributed by atoms with Crippen LogP contribution >= 0.6 is 23.2 Å². The predicted molar refractivity (Wildman–Crippen MR) is 199 cm³/mol. The molecule has 5 aromatic rings. The number of aromatic nitrogens is 4. The number of nitrogens with one attached hydrogen (secondary N) is 1. The molecule has 5 heterocycles. The first-order valence-corrected chi connectivity index (χ1v) is 17.3. The molecule has 1 saturated heterocycles. The molecule has 0 bridgehead atoms. The van der Waals surface area contributed by atoms with Crippen molar-refractivity contribution in [1.29, 1.82) is 0 Å². The van der Waals surface area contributed by atoms with E-state index in [-0.39, 0.29) is 18.5 Å². The van der Waals surface area contributed by atoms with E-state index in [9.17, 15) is 9.18 Å². The van der Waals surface area contributed by atoms with Gasteiger partial charge in [-0.15, -0.1) is 0 Å². The summed E-state index contributed by atoms with van der Waals surface area (Å²) in [7, 11) is 1.93. The quantitative estimate of drug-likeness (QED) is 0.135. The number of anilines is 1. The molecule has 10 nitrogen and oxygen atoms in total. The van der Waals surface area contributed by atoms with Crippen molar-refractivity contribution in [3.8, 4) is 5.88 Å². The van der Waals surface area contributed by atoms with Gasteiger partial charge in [0.1, 0.15) is 24.5 Å². The molecule has 0 amide bonds. The summed E-state index contributed by atoms with van der Waals surface area (Å²) < 4.78 is 28.0. The Hall–Kier alpha value is -4.81. The van der Waals surface area contributed by atoms with Gasteiger partial charge in [-0.05, 0) is 66.9 Å². The number of benzene rings is 2. The highest BCUT2D eigenvalue weighted by Crippen LogP contribution is 2.27. The third kappa shape index (κ3) is 9.11. The molecular formula is C38H38Cl2FN7O3. The van der Waals surface area contributed by atoms with Crippen LogP contribution in [0, 0.1) is 5.82 Å². The number of nitrogens with zero attached hydrogens (tertiary/aromatic N) is 5. The van der Waals surface area contributed by atoms with Gasteiger partial charge in [0.15, 0.2) is 0 Å². The molecule has 1 fully saturated rings. The number of imidazole rings is 1. The van der Waals surface area contributed by atoms with Crippen molar-refractivity contribution in [3.63, 3.8) is 0 Å². The number of fused-ring (bicyclic) bond motifs is 1. The molecule has 2 aromatic carbocycles. The first-order valence-electron chi connectivity index (χ1n) is 16.6. The second-order valence-electron chi connectivity index (χ2n) is 12.1. The van der Waals surface area contributed by atoms with E-state index in [0.717, 1.165) is 80.2 Å². The molecule has 2 aliphatic heterocycles. The van der Waals surface area contributed by atoms with E-state index in [0.29, 0.717) is 32.8 Å². The molecule has 51 heavy (non-hydrogen) atoms. The maximum Gasteiger partial charge on any atom is 0.214 e. The Bertz CT molecular complexity index is 2060. The summed E-state index contributed by atoms with van der Waals surface area (Å²) >= 11 is 11.5. The minimum absolute atomic E-state index is 0.0923. The second kappa shape index (κ2) is 16.9. The van der Waals surface area contributed by atoms with Gasteiger partial charge in [-0.25, -0.2) is 14.4 Å². The second-order valence-corrected chi connectivity index (χ2v) is 12.9. The number of hydrogen-bond acceptors (Lipinski definition) is 9. The number of pyridine rings is 2. The van der Waals surface area contributed by atoms with Crippen LogP contribution < -0.4 is 15.8 Å². The number of aldehydes is 1. The third-order valence-electron chi connectivity index (χ3n) is 8.71. The number of halogens is 3. The van der Waals surface area contributed by atoms with Gasteiger partial charge in [0.05, 0.1) is 46.6 Å². The standard InChI is InChI=1S/C30H31ClFN5O2.C8H7ClN2O/c1-33-23-7-8-28-27(16-23)34-29(37(28)17-24-11-14-38-24)18-36-12-9-20(10-13-36)26-3-2-4-30(35-26)39-19-21-5-6-22(31)15-25(21)32;9-7(4-10)8-3-6(5-12)1-2-11-8/h2-9,15-16,24,33H,10-14,17-19H2,1H3;1-5H,10H2/b;7-4+. The summed E-state index contributed by atoms with van der Waals surface area (Å²) in [6.07, 6.45) is 7.92. The van der Waals surface area contributed by atoms with Crippen molar-refractivity contribution in [1.82, 2.24) is 24.4 Å². The molecule has 0 spiro atoms. The highest BCUT2D eigenvalue weighted by molar-refractivity contribution is 6.48. The zero-order valence-electron chi connectivity index (χ0n) is 28.1. The van der Waals surface area contributed by atoms with Gasteiger partial charge in [-0.2, -0.15) is 0 Å². The van der Waals surface area contributed by atoms with Crippen LogP contribution in [-0.2, 0) is 24.4 Å². The van der Waals surface area contributed by atoms with E-state index in [1.54, 1.807) is 30.3 Å². The molecule has 3 N–H and O–H groups in total. The molecule has 7 rings (SSSR count). The van der Waals surface area contributed by atoms with Crippen molar-refractivity contribution in [2.45, 2.75) is 38.6 Å². The maximum absolute atomic E-state index is 14.1. The van der Waals surface area contributed by atoms with Crippen molar-refractivity contribution in [3.05, 3.63) is 124 Å². The summed E-state index contributed by atoms with van der Waals surface area (Å²) in [5, 5.41) is 3.90. The van der Waals surface area contributed by atoms with Gasteiger partial charge in [0.2, 0.25) is 5.88 Å². The average molecular weight is 731 g/mol. The van der Waals surface area contributed by atoms with Crippen LogP contribution in [0.1, 0.15) is 46.0 Å². The van der Waals surface area contributed by atoms with E-state index in [1.807, 2.05) is 19.2 Å². The minimum atomic E-state index is -0.384. The molecule has 2 aliphatic rings. The molecule has 0 aliphatic carbocycles. The lowest BCUT2D eigenvalue weighted by Gasteiger charge is -2.29. The van der Waals surface area contributed by atoms with Crippen LogP contribution in [0.5, 0.6) is 5.88 Å². The minimum Gasteiger partial charge on any atom is -0.473 e. The van der Waals surface area contributed by atoms with E-state index >= 15 is 0 Å². The Morgan fingerprint density at radius 3 is 2.73 bits per heavy atom. The molecule has 264 valence electrons. The fourth-order valence-electron chi connectivity index (χ4n) is 5.78. The zero-order chi connectivity index (χ0) is 35.7. The Labute approximate surface area is 305 Å². The van der Waals surface area contributed by atoms with Crippen LogP contribution in [0.2, 0.25) is 5.02 Å². The van der Waals surface area contributed by atoms with E-state index in [2.05, 4.69) is 49.0 Å². The van der Waals surface area contributed by atoms with Gasteiger partial charge in [-0.3, -0.25) is 14.7 Å². The molecule has 0 radical (unpaired) electrons. The smallest absolute Gasteiger partial charge is 0.214 e. The van der Waals surface area contributed by atoms with Gasteiger partial charge in [0, 0.05) is 67.0 Å². The molecule has 1 unspecified atom stereocenters. The Morgan fingerprint density at radius 1 is 1.16 bits per heavy atom. The van der Waals surface area contributed by atoms with Gasteiger partial charge in [-0.1, -0.05) is 41.4 Å². The fourth-order valence-corrected chi connectivity index (χ4v) is 6.04. The van der Waals surface area contributed by atoms with Crippen LogP contribution in [0.15, 0.2) is 85.2 Å². The average Bonchev–Trinajstić information content (AvgIpc) is 3.48. The molecular weight excluding hydrogens is 692 g/mol. The van der Waals surface area contributed by atoms with Crippen molar-refractivity contribution >= 4 is 56.8 Å². The molecule has 0 saturated carbocycles. The van der Waals surface area contributed by atoms with Crippen LogP contribution in [0.25, 0.3) is 21.6 Å². The molecule has 1 atom stereocenters. The number of ether oxygens (including phenoxy) is 2. The molecule has 3 aromatic heterocycles. The van der Waals surface area contributed by atoms with E-state index < -0.39 is 0 Å². The van der Waals surface area contributed by atoms with Gasteiger partial charge in [0.25, 0.3) is 0 Å². The number of carbonyl (C=O) groups is 1. The first-order chi connectivity index (χ1) is 24.8.